The Hall–Kier alpha value is -1.81. The van der Waals surface area contributed by atoms with E-state index in [0.29, 0.717) is 23.9 Å². The molecule has 1 N–H and O–H groups in total. The van der Waals surface area contributed by atoms with E-state index in [1.165, 1.54) is 41.3 Å². The first-order valence-corrected chi connectivity index (χ1v) is 12.8. The van der Waals surface area contributed by atoms with E-state index in [-0.39, 0.29) is 5.92 Å². The van der Waals surface area contributed by atoms with E-state index in [9.17, 15) is 4.79 Å². The molecule has 2 fully saturated rings. The Balaban J connectivity index is 1.44. The Morgan fingerprint density at radius 2 is 1.90 bits per heavy atom. The number of aromatic nitrogens is 1. The molecule has 1 aliphatic heterocycles. The van der Waals surface area contributed by atoms with E-state index in [2.05, 4.69) is 53.0 Å². The zero-order valence-electron chi connectivity index (χ0n) is 19.4. The Labute approximate surface area is 187 Å². The molecule has 0 spiro atoms. The third kappa shape index (κ3) is 3.92. The normalized spacial score (nSPS) is 26.7. The van der Waals surface area contributed by atoms with Gasteiger partial charge in [0.05, 0.1) is 5.92 Å². The minimum Gasteiger partial charge on any atom is -0.353 e. The zero-order valence-corrected chi connectivity index (χ0v) is 19.4. The minimum atomic E-state index is 0.115. The second-order valence-electron chi connectivity index (χ2n) is 10.2. The van der Waals surface area contributed by atoms with Crippen LogP contribution in [0.4, 0.5) is 0 Å². The fourth-order valence-electron chi connectivity index (χ4n) is 6.70. The first-order chi connectivity index (χ1) is 15.2. The van der Waals surface area contributed by atoms with Gasteiger partial charge in [-0.25, -0.2) is 0 Å². The number of piperidine rings is 1. The Kier molecular flexibility index (Phi) is 6.10. The van der Waals surface area contributed by atoms with E-state index >= 15 is 0 Å². The summed E-state index contributed by atoms with van der Waals surface area (Å²) in [5, 5.41) is 4.93. The van der Waals surface area contributed by atoms with E-state index in [1.807, 2.05) is 0 Å². The van der Waals surface area contributed by atoms with Crippen molar-refractivity contribution in [2.45, 2.75) is 96.2 Å². The van der Waals surface area contributed by atoms with Crippen LogP contribution in [-0.4, -0.2) is 40.5 Å². The zero-order chi connectivity index (χ0) is 21.4. The van der Waals surface area contributed by atoms with E-state index in [0.717, 1.165) is 58.2 Å². The number of likely N-dealkylation sites (tertiary alicyclic amines) is 1. The van der Waals surface area contributed by atoms with Gasteiger partial charge in [-0.05, 0) is 62.3 Å². The molecular weight excluding hydrogens is 382 g/mol. The molecule has 3 atom stereocenters. The molecule has 2 heterocycles. The van der Waals surface area contributed by atoms with Crippen LogP contribution in [0.25, 0.3) is 10.9 Å². The third-order valence-corrected chi connectivity index (χ3v) is 8.07. The van der Waals surface area contributed by atoms with Gasteiger partial charge in [0, 0.05) is 48.2 Å². The average molecular weight is 422 g/mol. The summed E-state index contributed by atoms with van der Waals surface area (Å²) in [7, 11) is 0. The largest absolute Gasteiger partial charge is 0.353 e. The number of nitrogens with zero attached hydrogens (tertiary/aromatic N) is 2. The Bertz CT molecular complexity index is 926. The summed E-state index contributed by atoms with van der Waals surface area (Å²) in [5.74, 6) is 0.897. The Morgan fingerprint density at radius 1 is 1.10 bits per heavy atom. The number of carbonyl (C=O) groups is 1. The summed E-state index contributed by atoms with van der Waals surface area (Å²) in [4.78, 5) is 16.0. The molecule has 1 amide bonds. The summed E-state index contributed by atoms with van der Waals surface area (Å²) in [6.45, 7) is 7.63. The van der Waals surface area contributed by atoms with Crippen molar-refractivity contribution in [1.82, 2.24) is 14.8 Å². The van der Waals surface area contributed by atoms with Crippen LogP contribution in [0.1, 0.15) is 82.3 Å². The van der Waals surface area contributed by atoms with Gasteiger partial charge >= 0.3 is 0 Å². The second-order valence-corrected chi connectivity index (χ2v) is 10.2. The van der Waals surface area contributed by atoms with Crippen LogP contribution in [0.15, 0.2) is 24.4 Å². The predicted octanol–water partition coefficient (Wildman–Crippen LogP) is 5.24. The highest BCUT2D eigenvalue weighted by atomic mass is 16.2. The van der Waals surface area contributed by atoms with Crippen molar-refractivity contribution in [2.75, 3.05) is 13.1 Å². The van der Waals surface area contributed by atoms with Crippen molar-refractivity contribution in [2.24, 2.45) is 5.92 Å². The number of nitrogens with one attached hydrogen (secondary N) is 1. The molecule has 0 bridgehead atoms. The lowest BCUT2D eigenvalue weighted by Gasteiger charge is -2.47. The number of hydrogen-bond donors (Lipinski definition) is 1. The third-order valence-electron chi connectivity index (χ3n) is 8.07. The highest BCUT2D eigenvalue weighted by molar-refractivity contribution is 5.89. The number of rotatable bonds is 6. The second kappa shape index (κ2) is 8.97. The summed E-state index contributed by atoms with van der Waals surface area (Å²) in [6.07, 6.45) is 13.0. The molecule has 1 saturated carbocycles. The van der Waals surface area contributed by atoms with Gasteiger partial charge in [0.2, 0.25) is 5.91 Å². The maximum atomic E-state index is 13.3. The molecule has 5 rings (SSSR count). The van der Waals surface area contributed by atoms with Gasteiger partial charge in [-0.15, -0.1) is 0 Å². The van der Waals surface area contributed by atoms with Crippen LogP contribution in [0, 0.1) is 5.92 Å². The standard InChI is InChI=1S/C27H39N3O/c1-3-13-29-17-19-16-25-23(22-11-8-12-24(29)26(19)22)15-20(18-30(25)14-4-2)27(31)28-21-9-6-5-7-10-21/h8,11-12,17,20-21,23,25H,3-7,9-10,13-16,18H2,1-2H3,(H,28,31)/t20-,23?,25-/m1/s1. The van der Waals surface area contributed by atoms with Gasteiger partial charge in [0.15, 0.2) is 0 Å². The first kappa shape index (κ1) is 21.1. The van der Waals surface area contributed by atoms with E-state index in [4.69, 9.17) is 0 Å². The van der Waals surface area contributed by atoms with Crippen molar-refractivity contribution < 1.29 is 4.79 Å². The summed E-state index contributed by atoms with van der Waals surface area (Å²) in [5.41, 5.74) is 4.41. The van der Waals surface area contributed by atoms with Crippen molar-refractivity contribution in [3.63, 3.8) is 0 Å². The number of benzene rings is 1. The molecule has 2 aromatic rings. The first-order valence-electron chi connectivity index (χ1n) is 12.8. The van der Waals surface area contributed by atoms with Gasteiger partial charge < -0.3 is 9.88 Å². The van der Waals surface area contributed by atoms with Gasteiger partial charge in [-0.1, -0.05) is 45.2 Å². The van der Waals surface area contributed by atoms with E-state index < -0.39 is 0 Å². The van der Waals surface area contributed by atoms with Crippen molar-refractivity contribution in [3.05, 3.63) is 35.5 Å². The van der Waals surface area contributed by atoms with Gasteiger partial charge in [0.1, 0.15) is 0 Å². The lowest BCUT2D eigenvalue weighted by molar-refractivity contribution is -0.128. The number of carbonyl (C=O) groups excluding carboxylic acids is 1. The Morgan fingerprint density at radius 3 is 2.68 bits per heavy atom. The van der Waals surface area contributed by atoms with Gasteiger partial charge in [-0.3, -0.25) is 9.69 Å². The lowest BCUT2D eigenvalue weighted by Crippen LogP contribution is -2.54. The quantitative estimate of drug-likeness (QED) is 0.692. The van der Waals surface area contributed by atoms with Crippen LogP contribution in [-0.2, 0) is 17.8 Å². The van der Waals surface area contributed by atoms with Crippen LogP contribution >= 0.6 is 0 Å². The maximum absolute atomic E-state index is 13.3. The van der Waals surface area contributed by atoms with Gasteiger partial charge in [-0.2, -0.15) is 0 Å². The average Bonchev–Trinajstić information content (AvgIpc) is 3.14. The molecule has 2 aliphatic carbocycles. The smallest absolute Gasteiger partial charge is 0.224 e. The molecule has 1 aromatic carbocycles. The fourth-order valence-corrected chi connectivity index (χ4v) is 6.70. The molecule has 0 radical (unpaired) electrons. The van der Waals surface area contributed by atoms with Crippen LogP contribution in [0.5, 0.6) is 0 Å². The molecule has 3 aliphatic rings. The predicted molar refractivity (Wildman–Crippen MR) is 127 cm³/mol. The van der Waals surface area contributed by atoms with Crippen molar-refractivity contribution >= 4 is 16.8 Å². The monoisotopic (exact) mass is 421 g/mol. The molecular formula is C27H39N3O. The fraction of sp³-hybridized carbons (Fsp3) is 0.667. The van der Waals surface area contributed by atoms with Crippen molar-refractivity contribution in [1.29, 1.82) is 0 Å². The summed E-state index contributed by atoms with van der Waals surface area (Å²) in [6, 6.07) is 7.83. The number of aryl methyl sites for hydroxylation is 1. The highest BCUT2D eigenvalue weighted by Crippen LogP contribution is 2.45. The van der Waals surface area contributed by atoms with Crippen LogP contribution in [0.3, 0.4) is 0 Å². The minimum absolute atomic E-state index is 0.115. The molecule has 4 heteroatoms. The number of fused-ring (bicyclic) bond motifs is 2. The molecule has 1 unspecified atom stereocenters. The molecule has 168 valence electrons. The number of hydrogen-bond acceptors (Lipinski definition) is 2. The van der Waals surface area contributed by atoms with Crippen LogP contribution in [0.2, 0.25) is 0 Å². The highest BCUT2D eigenvalue weighted by Gasteiger charge is 2.42. The summed E-state index contributed by atoms with van der Waals surface area (Å²) < 4.78 is 2.46. The molecule has 31 heavy (non-hydrogen) atoms. The SMILES string of the molecule is CCCN1C[C@H](C(=O)NC2CCCCC2)CC2c3cccc4c3c(cn4CCC)C[C@H]21. The lowest BCUT2D eigenvalue weighted by atomic mass is 9.72. The van der Waals surface area contributed by atoms with E-state index in [1.54, 1.807) is 0 Å². The molecule has 1 aromatic heterocycles. The molecule has 4 nitrogen and oxygen atoms in total. The van der Waals surface area contributed by atoms with Crippen molar-refractivity contribution in [3.8, 4) is 0 Å². The van der Waals surface area contributed by atoms with Crippen LogP contribution < -0.4 is 5.32 Å². The van der Waals surface area contributed by atoms with Gasteiger partial charge in [0.25, 0.3) is 0 Å². The molecule has 1 saturated heterocycles. The summed E-state index contributed by atoms with van der Waals surface area (Å²) >= 11 is 0. The topological polar surface area (TPSA) is 37.3 Å². The number of amides is 1. The maximum Gasteiger partial charge on any atom is 0.224 e.